The molecule has 0 fully saturated rings. The molecule has 2 rings (SSSR count). The third-order valence-corrected chi connectivity index (χ3v) is 2.92. The van der Waals surface area contributed by atoms with Crippen LogP contribution in [0, 0.1) is 12.7 Å². The van der Waals surface area contributed by atoms with E-state index in [1.807, 2.05) is 13.0 Å². The Bertz CT molecular complexity index is 611. The number of methoxy groups -OCH3 is 1. The van der Waals surface area contributed by atoms with Gasteiger partial charge in [-0.3, -0.25) is 9.78 Å². The zero-order valence-corrected chi connectivity index (χ0v) is 10.8. The predicted octanol–water partition coefficient (Wildman–Crippen LogP) is 2.96. The minimum Gasteiger partial charge on any atom is -0.497 e. The fourth-order valence-electron chi connectivity index (χ4n) is 1.80. The van der Waals surface area contributed by atoms with Crippen molar-refractivity contribution in [2.45, 2.75) is 13.3 Å². The smallest absolute Gasteiger partial charge is 0.171 e. The summed E-state index contributed by atoms with van der Waals surface area (Å²) in [6.07, 6.45) is 1.72. The number of ketones is 1. The SMILES string of the molecule is COc1ccc(C(=O)Cc2ncccc2C)c(F)c1. The van der Waals surface area contributed by atoms with Crippen LogP contribution in [0.3, 0.4) is 0 Å². The molecule has 0 saturated carbocycles. The molecule has 0 atom stereocenters. The second kappa shape index (κ2) is 5.61. The van der Waals surface area contributed by atoms with Crippen LogP contribution < -0.4 is 4.74 Å². The molecule has 0 spiro atoms. The normalized spacial score (nSPS) is 10.3. The van der Waals surface area contributed by atoms with Gasteiger partial charge in [-0.2, -0.15) is 0 Å². The molecule has 4 heteroatoms. The highest BCUT2D eigenvalue weighted by atomic mass is 19.1. The summed E-state index contributed by atoms with van der Waals surface area (Å²) in [6, 6.07) is 7.89. The maximum Gasteiger partial charge on any atom is 0.171 e. The highest BCUT2D eigenvalue weighted by Crippen LogP contribution is 2.18. The van der Waals surface area contributed by atoms with Crippen molar-refractivity contribution in [2.24, 2.45) is 0 Å². The Morgan fingerprint density at radius 1 is 1.37 bits per heavy atom. The van der Waals surface area contributed by atoms with Crippen LogP contribution in [0.1, 0.15) is 21.6 Å². The summed E-state index contributed by atoms with van der Waals surface area (Å²) in [5.41, 5.74) is 1.65. The number of rotatable bonds is 4. The maximum atomic E-state index is 13.8. The minimum absolute atomic E-state index is 0.0610. The Balaban J connectivity index is 2.23. The van der Waals surface area contributed by atoms with Crippen LogP contribution in [0.15, 0.2) is 36.5 Å². The van der Waals surface area contributed by atoms with Crippen LogP contribution in [0.2, 0.25) is 0 Å². The van der Waals surface area contributed by atoms with Gasteiger partial charge >= 0.3 is 0 Å². The van der Waals surface area contributed by atoms with E-state index in [4.69, 9.17) is 4.74 Å². The Morgan fingerprint density at radius 3 is 2.79 bits per heavy atom. The van der Waals surface area contributed by atoms with Crippen molar-refractivity contribution in [3.8, 4) is 5.75 Å². The topological polar surface area (TPSA) is 39.2 Å². The van der Waals surface area contributed by atoms with E-state index < -0.39 is 5.82 Å². The van der Waals surface area contributed by atoms with Crippen molar-refractivity contribution >= 4 is 5.78 Å². The van der Waals surface area contributed by atoms with Crippen LogP contribution in [-0.2, 0) is 6.42 Å². The molecule has 0 aliphatic carbocycles. The molecule has 0 amide bonds. The summed E-state index contributed by atoms with van der Waals surface area (Å²) in [6.45, 7) is 1.87. The zero-order chi connectivity index (χ0) is 13.8. The number of pyridine rings is 1. The van der Waals surface area contributed by atoms with E-state index >= 15 is 0 Å². The molecule has 0 aliphatic rings. The number of carbonyl (C=O) groups excluding carboxylic acids is 1. The summed E-state index contributed by atoms with van der Waals surface area (Å²) in [5.74, 6) is -0.469. The highest BCUT2D eigenvalue weighted by molar-refractivity contribution is 5.97. The number of hydrogen-bond acceptors (Lipinski definition) is 3. The van der Waals surface area contributed by atoms with Crippen molar-refractivity contribution in [3.05, 3.63) is 59.2 Å². The predicted molar refractivity (Wildman–Crippen MR) is 70.0 cm³/mol. The van der Waals surface area contributed by atoms with Gasteiger partial charge in [-0.25, -0.2) is 4.39 Å². The minimum atomic E-state index is -0.571. The van der Waals surface area contributed by atoms with Crippen LogP contribution in [0.25, 0.3) is 0 Å². The molecule has 0 aliphatic heterocycles. The van der Waals surface area contributed by atoms with Crippen molar-refractivity contribution in [1.29, 1.82) is 0 Å². The van der Waals surface area contributed by atoms with Crippen molar-refractivity contribution in [1.82, 2.24) is 4.98 Å². The molecule has 0 radical (unpaired) electrons. The quantitative estimate of drug-likeness (QED) is 0.792. The highest BCUT2D eigenvalue weighted by Gasteiger charge is 2.14. The second-order valence-corrected chi connectivity index (χ2v) is 4.21. The first kappa shape index (κ1) is 13.2. The summed E-state index contributed by atoms with van der Waals surface area (Å²) >= 11 is 0. The first-order chi connectivity index (χ1) is 9.11. The van der Waals surface area contributed by atoms with Crippen molar-refractivity contribution < 1.29 is 13.9 Å². The Hall–Kier alpha value is -2.23. The molecule has 98 valence electrons. The number of ether oxygens (including phenoxy) is 1. The molecule has 2 aromatic rings. The van der Waals surface area contributed by atoms with Gasteiger partial charge < -0.3 is 4.74 Å². The molecular formula is C15H14FNO2. The largest absolute Gasteiger partial charge is 0.497 e. The van der Waals surface area contributed by atoms with Gasteiger partial charge in [0.15, 0.2) is 5.78 Å². The number of nitrogens with zero attached hydrogens (tertiary/aromatic N) is 1. The third-order valence-electron chi connectivity index (χ3n) is 2.92. The average molecular weight is 259 g/mol. The monoisotopic (exact) mass is 259 g/mol. The van der Waals surface area contributed by atoms with Gasteiger partial charge in [-0.05, 0) is 30.7 Å². The number of Topliss-reactive ketones (excluding diaryl/α,β-unsaturated/α-hetero) is 1. The molecule has 0 bridgehead atoms. The van der Waals surface area contributed by atoms with Gasteiger partial charge in [-0.1, -0.05) is 6.07 Å². The number of carbonyl (C=O) groups is 1. The molecule has 1 aromatic heterocycles. The lowest BCUT2D eigenvalue weighted by atomic mass is 10.0. The zero-order valence-electron chi connectivity index (χ0n) is 10.8. The third kappa shape index (κ3) is 2.96. The molecule has 19 heavy (non-hydrogen) atoms. The average Bonchev–Trinajstić information content (AvgIpc) is 2.41. The second-order valence-electron chi connectivity index (χ2n) is 4.21. The number of benzene rings is 1. The number of halogens is 1. The van der Waals surface area contributed by atoms with Gasteiger partial charge in [0, 0.05) is 12.3 Å². The van der Waals surface area contributed by atoms with Gasteiger partial charge in [0.05, 0.1) is 24.8 Å². The van der Waals surface area contributed by atoms with E-state index in [1.165, 1.54) is 19.2 Å². The molecule has 3 nitrogen and oxygen atoms in total. The van der Waals surface area contributed by atoms with E-state index in [0.717, 1.165) is 5.56 Å². The van der Waals surface area contributed by atoms with E-state index in [-0.39, 0.29) is 17.8 Å². The lowest BCUT2D eigenvalue weighted by Crippen LogP contribution is -2.08. The van der Waals surface area contributed by atoms with Crippen molar-refractivity contribution in [3.63, 3.8) is 0 Å². The fourth-order valence-corrected chi connectivity index (χ4v) is 1.80. The molecule has 0 saturated heterocycles. The maximum absolute atomic E-state index is 13.8. The fraction of sp³-hybridized carbons (Fsp3) is 0.200. The first-order valence-corrected chi connectivity index (χ1v) is 5.89. The van der Waals surface area contributed by atoms with Crippen LogP contribution in [0.4, 0.5) is 4.39 Å². The Kier molecular flexibility index (Phi) is 3.90. The Morgan fingerprint density at radius 2 is 2.16 bits per heavy atom. The van der Waals surface area contributed by atoms with Crippen LogP contribution in [0.5, 0.6) is 5.75 Å². The lowest BCUT2D eigenvalue weighted by molar-refractivity contribution is 0.0988. The number of hydrogen-bond donors (Lipinski definition) is 0. The van der Waals surface area contributed by atoms with Gasteiger partial charge in [0.1, 0.15) is 11.6 Å². The van der Waals surface area contributed by atoms with Gasteiger partial charge in [-0.15, -0.1) is 0 Å². The standard InChI is InChI=1S/C15H14FNO2/c1-10-4-3-7-17-14(10)9-15(18)12-6-5-11(19-2)8-13(12)16/h3-8H,9H2,1-2H3. The Labute approximate surface area is 111 Å². The molecule has 1 heterocycles. The van der Waals surface area contributed by atoms with Gasteiger partial charge in [0.25, 0.3) is 0 Å². The van der Waals surface area contributed by atoms with Crippen LogP contribution in [-0.4, -0.2) is 17.9 Å². The van der Waals surface area contributed by atoms with E-state index in [2.05, 4.69) is 4.98 Å². The summed E-state index contributed by atoms with van der Waals surface area (Å²) in [5, 5.41) is 0. The molecule has 0 N–H and O–H groups in total. The summed E-state index contributed by atoms with van der Waals surface area (Å²) in [4.78, 5) is 16.2. The lowest BCUT2D eigenvalue weighted by Gasteiger charge is -2.06. The molecular weight excluding hydrogens is 245 g/mol. The molecule has 1 aromatic carbocycles. The van der Waals surface area contributed by atoms with Crippen LogP contribution >= 0.6 is 0 Å². The van der Waals surface area contributed by atoms with E-state index in [1.54, 1.807) is 18.3 Å². The van der Waals surface area contributed by atoms with E-state index in [9.17, 15) is 9.18 Å². The molecule has 0 unspecified atom stereocenters. The number of aromatic nitrogens is 1. The summed E-state index contributed by atoms with van der Waals surface area (Å²) in [7, 11) is 1.45. The first-order valence-electron chi connectivity index (χ1n) is 5.89. The van der Waals surface area contributed by atoms with E-state index in [0.29, 0.717) is 11.4 Å². The number of aryl methyl sites for hydroxylation is 1. The van der Waals surface area contributed by atoms with Crippen molar-refractivity contribution in [2.75, 3.05) is 7.11 Å². The van der Waals surface area contributed by atoms with Gasteiger partial charge in [0.2, 0.25) is 0 Å². The summed E-state index contributed by atoms with van der Waals surface area (Å²) < 4.78 is 18.7.